The fourth-order valence-corrected chi connectivity index (χ4v) is 11.4. The minimum atomic E-state index is -1.51. The first-order chi connectivity index (χ1) is 21.7. The normalized spacial score (nSPS) is 21.6. The van der Waals surface area contributed by atoms with E-state index in [0.29, 0.717) is 21.6 Å². The smallest absolute Gasteiger partial charge is 0.322 e. The van der Waals surface area contributed by atoms with E-state index >= 15 is 0 Å². The highest BCUT2D eigenvalue weighted by molar-refractivity contribution is 7.85. The maximum Gasteiger partial charge on any atom is 0.322 e. The summed E-state index contributed by atoms with van der Waals surface area (Å²) in [5.74, 6) is 1.16. The van der Waals surface area contributed by atoms with E-state index in [1.54, 1.807) is 12.4 Å². The predicted molar refractivity (Wildman–Crippen MR) is 159 cm³/mol. The van der Waals surface area contributed by atoms with Crippen molar-refractivity contribution in [3.05, 3.63) is 96.6 Å². The van der Waals surface area contributed by atoms with Crippen molar-refractivity contribution in [3.8, 4) is 22.9 Å². The maximum atomic E-state index is 14.3. The van der Waals surface area contributed by atoms with E-state index < -0.39 is 27.3 Å². The topological polar surface area (TPSA) is 86.8 Å². The van der Waals surface area contributed by atoms with Crippen LogP contribution in [0.25, 0.3) is 55.2 Å². The maximum absolute atomic E-state index is 14.3. The summed E-state index contributed by atoms with van der Waals surface area (Å²) in [5, 5.41) is 5.21. The zero-order valence-corrected chi connectivity index (χ0v) is 23.9. The second-order valence-corrected chi connectivity index (χ2v) is 14.5. The van der Waals surface area contributed by atoms with Gasteiger partial charge in [-0.05, 0) is 48.5 Å². The summed E-state index contributed by atoms with van der Waals surface area (Å²) in [6.07, 6.45) is 7.66. The second kappa shape index (κ2) is 6.33. The fraction of sp³-hybridized carbons (Fsp3) is 0.0303. The van der Waals surface area contributed by atoms with Gasteiger partial charge in [0.2, 0.25) is 0 Å². The lowest BCUT2D eigenvalue weighted by molar-refractivity contribution is -0.954. The van der Waals surface area contributed by atoms with Crippen LogP contribution in [0.1, 0.15) is 11.1 Å². The number of nitrogens with zero attached hydrogens (tertiary/aromatic N) is 6. The summed E-state index contributed by atoms with van der Waals surface area (Å²) in [7, 11) is -3.01. The van der Waals surface area contributed by atoms with Crippen molar-refractivity contribution in [2.45, 2.75) is 25.5 Å². The summed E-state index contributed by atoms with van der Waals surface area (Å²) < 4.78 is 44.5. The monoisotopic (exact) mass is 606 g/mol. The summed E-state index contributed by atoms with van der Waals surface area (Å²) >= 11 is 0. The van der Waals surface area contributed by atoms with Gasteiger partial charge in [0, 0.05) is 10.8 Å². The lowest BCUT2D eigenvalue weighted by Crippen LogP contribution is -2.78. The van der Waals surface area contributed by atoms with Crippen molar-refractivity contribution in [1.29, 1.82) is 0 Å². The van der Waals surface area contributed by atoms with E-state index in [1.165, 1.54) is 0 Å². The van der Waals surface area contributed by atoms with Crippen LogP contribution in [0, 0.1) is 0 Å². The Morgan fingerprint density at radius 1 is 0.636 bits per heavy atom. The molecule has 6 aromatic heterocycles. The molecule has 5 aliphatic heterocycles. The van der Waals surface area contributed by atoms with E-state index in [2.05, 4.69) is 67.1 Å². The Hall–Kier alpha value is -5.26. The van der Waals surface area contributed by atoms with Crippen molar-refractivity contribution in [2.24, 2.45) is 0 Å². The molecule has 11 heteroatoms. The SMILES string of the molecule is O=S1c2ncc3c4c2-n2c5c1cccc5c1ccc[n+](c12)C41c2c(cnc4c2-n2c5c(cccc5c5ccc[n+]1c52)S4=O)O3. The van der Waals surface area contributed by atoms with Gasteiger partial charge >= 0.3 is 5.66 Å². The van der Waals surface area contributed by atoms with E-state index in [0.717, 1.165) is 76.2 Å². The molecule has 0 amide bonds. The number of benzene rings is 2. The van der Waals surface area contributed by atoms with Gasteiger partial charge in [-0.25, -0.2) is 18.4 Å². The summed E-state index contributed by atoms with van der Waals surface area (Å²) in [6, 6.07) is 20.5. The Morgan fingerprint density at radius 3 is 1.61 bits per heavy atom. The van der Waals surface area contributed by atoms with Gasteiger partial charge in [-0.2, -0.15) is 18.3 Å². The van der Waals surface area contributed by atoms with E-state index in [9.17, 15) is 8.42 Å². The molecule has 2 atom stereocenters. The van der Waals surface area contributed by atoms with Gasteiger partial charge in [-0.3, -0.25) is 0 Å². The van der Waals surface area contributed by atoms with Crippen molar-refractivity contribution in [1.82, 2.24) is 19.1 Å². The summed E-state index contributed by atoms with van der Waals surface area (Å²) in [6.45, 7) is 0. The van der Waals surface area contributed by atoms with Crippen LogP contribution < -0.4 is 13.9 Å². The number of para-hydroxylation sites is 2. The standard InChI is InChI=1S/C33H14N6O3S2/c40-43-21-9-1-5-15-17-7-3-11-36-31(17)38(25(15)21)27-23-19(13-34-29(27)43)42-20-14-35-30-28-24(20)33(23,36)37-12-4-8-18-16-6-2-10-22(44(30)41)26(16)39(28)32(18)37/h1-14H/q+2. The highest BCUT2D eigenvalue weighted by Crippen LogP contribution is 2.58. The predicted octanol–water partition coefficient (Wildman–Crippen LogP) is 4.24. The Bertz CT molecular complexity index is 2730. The highest BCUT2D eigenvalue weighted by Gasteiger charge is 2.67. The molecule has 1 spiro atoms. The summed E-state index contributed by atoms with van der Waals surface area (Å²) in [5.41, 5.74) is 6.09. The zero-order valence-electron chi connectivity index (χ0n) is 22.3. The van der Waals surface area contributed by atoms with Gasteiger partial charge in [-0.1, -0.05) is 12.1 Å². The fourth-order valence-electron chi connectivity index (χ4n) is 8.78. The largest absolute Gasteiger partial charge is 0.452 e. The molecule has 0 N–H and O–H groups in total. The summed E-state index contributed by atoms with van der Waals surface area (Å²) in [4.78, 5) is 11.1. The minimum Gasteiger partial charge on any atom is -0.452 e. The van der Waals surface area contributed by atoms with E-state index in [1.807, 2.05) is 24.3 Å². The van der Waals surface area contributed by atoms with E-state index in [4.69, 9.17) is 14.7 Å². The first-order valence-electron chi connectivity index (χ1n) is 14.3. The van der Waals surface area contributed by atoms with Crippen LogP contribution in [-0.4, -0.2) is 27.5 Å². The number of hydrogen-bond donors (Lipinski definition) is 0. The zero-order chi connectivity index (χ0) is 28.4. The average Bonchev–Trinajstić information content (AvgIpc) is 3.59. The molecule has 13 rings (SSSR count). The molecule has 8 aromatic rings. The third-order valence-corrected chi connectivity index (χ3v) is 12.9. The van der Waals surface area contributed by atoms with Crippen molar-refractivity contribution in [2.75, 3.05) is 0 Å². The van der Waals surface area contributed by atoms with Crippen LogP contribution in [0.5, 0.6) is 11.5 Å². The Labute approximate surface area is 251 Å². The van der Waals surface area contributed by atoms with Gasteiger partial charge < -0.3 is 4.74 Å². The first kappa shape index (κ1) is 21.4. The van der Waals surface area contributed by atoms with Crippen LogP contribution in [-0.2, 0) is 27.3 Å². The molecular formula is C33H14N6O3S2+2. The molecule has 2 aromatic carbocycles. The Kier molecular flexibility index (Phi) is 3.08. The third kappa shape index (κ3) is 1.82. The molecule has 0 saturated heterocycles. The Balaban J connectivity index is 1.42. The quantitative estimate of drug-likeness (QED) is 0.241. The van der Waals surface area contributed by atoms with Crippen LogP contribution in [0.15, 0.2) is 105 Å². The number of aromatic nitrogens is 6. The van der Waals surface area contributed by atoms with Crippen LogP contribution in [0.2, 0.25) is 0 Å². The van der Waals surface area contributed by atoms with Gasteiger partial charge in [-0.15, -0.1) is 0 Å². The molecule has 0 aliphatic carbocycles. The van der Waals surface area contributed by atoms with Crippen LogP contribution >= 0.6 is 0 Å². The van der Waals surface area contributed by atoms with Gasteiger partial charge in [0.1, 0.15) is 32.7 Å². The Morgan fingerprint density at radius 2 is 1.11 bits per heavy atom. The number of rotatable bonds is 0. The molecule has 204 valence electrons. The molecular weight excluding hydrogens is 593 g/mol. The molecule has 44 heavy (non-hydrogen) atoms. The van der Waals surface area contributed by atoms with Gasteiger partial charge in [0.25, 0.3) is 11.3 Å². The molecule has 9 nitrogen and oxygen atoms in total. The lowest BCUT2D eigenvalue weighted by atomic mass is 9.83. The molecule has 0 fully saturated rings. The molecule has 0 saturated carbocycles. The molecule has 0 radical (unpaired) electrons. The van der Waals surface area contributed by atoms with Gasteiger partial charge in [0.15, 0.2) is 44.0 Å². The van der Waals surface area contributed by atoms with Crippen LogP contribution in [0.3, 0.4) is 0 Å². The molecule has 11 heterocycles. The van der Waals surface area contributed by atoms with Gasteiger partial charge in [0.05, 0.1) is 45.4 Å². The molecule has 0 bridgehead atoms. The average molecular weight is 607 g/mol. The molecule has 2 unspecified atom stereocenters. The van der Waals surface area contributed by atoms with Crippen molar-refractivity contribution >= 4 is 65.5 Å². The lowest BCUT2D eigenvalue weighted by Gasteiger charge is -2.41. The highest BCUT2D eigenvalue weighted by atomic mass is 32.2. The second-order valence-electron chi connectivity index (χ2n) is 11.8. The minimum absolute atomic E-state index is 0.510. The first-order valence-corrected chi connectivity index (χ1v) is 16.5. The van der Waals surface area contributed by atoms with Crippen molar-refractivity contribution < 1.29 is 22.3 Å². The third-order valence-electron chi connectivity index (χ3n) is 10.2. The number of hydrogen-bond acceptors (Lipinski definition) is 5. The molecule has 5 aliphatic rings. The number of ether oxygens (including phenoxy) is 1. The number of fused-ring (bicyclic) bond motifs is 2. The van der Waals surface area contributed by atoms with Crippen molar-refractivity contribution in [3.63, 3.8) is 0 Å². The van der Waals surface area contributed by atoms with E-state index in [-0.39, 0.29) is 0 Å². The number of pyridine rings is 4. The van der Waals surface area contributed by atoms with Crippen LogP contribution in [0.4, 0.5) is 0 Å².